The van der Waals surface area contributed by atoms with Crippen LogP contribution in [0.15, 0.2) is 16.9 Å². The van der Waals surface area contributed by atoms with Crippen LogP contribution in [-0.2, 0) is 6.42 Å². The van der Waals surface area contributed by atoms with E-state index in [2.05, 4.69) is 26.2 Å². The number of hydrogen-bond donors (Lipinski definition) is 1. The summed E-state index contributed by atoms with van der Waals surface area (Å²) in [7, 11) is 0. The largest absolute Gasteiger partial charge is 0.384 e. The first-order valence-electron chi connectivity index (χ1n) is 3.74. The molecule has 1 N–H and O–H groups in total. The molecule has 0 unspecified atom stereocenters. The van der Waals surface area contributed by atoms with E-state index in [4.69, 9.17) is 0 Å². The number of nitrogens with zero attached hydrogens (tertiary/aromatic N) is 1. The highest BCUT2D eigenvalue weighted by Crippen LogP contribution is 2.27. The number of anilines is 1. The van der Waals surface area contributed by atoms with Gasteiger partial charge in [0.25, 0.3) is 0 Å². The second kappa shape index (κ2) is 5.68. The van der Waals surface area contributed by atoms with Crippen LogP contribution >= 0.6 is 40.7 Å². The number of pyridine rings is 1. The van der Waals surface area contributed by atoms with Crippen molar-refractivity contribution in [1.29, 1.82) is 0 Å². The van der Waals surface area contributed by atoms with Gasteiger partial charge in [0.15, 0.2) is 0 Å². The van der Waals surface area contributed by atoms with E-state index in [-0.39, 0.29) is 24.8 Å². The molecule has 0 amide bonds. The monoisotopic (exact) mass is 284 g/mol. The molecule has 0 radical (unpaired) electrons. The van der Waals surface area contributed by atoms with E-state index < -0.39 is 0 Å². The minimum Gasteiger partial charge on any atom is -0.384 e. The molecule has 1 aliphatic heterocycles. The first-order valence-corrected chi connectivity index (χ1v) is 4.53. The smallest absolute Gasteiger partial charge is 0.0570 e. The highest BCUT2D eigenvalue weighted by molar-refractivity contribution is 9.10. The predicted octanol–water partition coefficient (Wildman–Crippen LogP) is 3.05. The van der Waals surface area contributed by atoms with Gasteiger partial charge in [-0.3, -0.25) is 4.98 Å². The molecule has 2 heterocycles. The fraction of sp³-hybridized carbons (Fsp3) is 0.375. The molecule has 1 aromatic heterocycles. The van der Waals surface area contributed by atoms with Crippen molar-refractivity contribution in [2.75, 3.05) is 11.9 Å². The Labute approximate surface area is 98.5 Å². The van der Waals surface area contributed by atoms with Gasteiger partial charge in [0.2, 0.25) is 0 Å². The average molecular weight is 286 g/mol. The number of hydrogen-bond acceptors (Lipinski definition) is 2. The Kier molecular flexibility index (Phi) is 5.68. The summed E-state index contributed by atoms with van der Waals surface area (Å²) in [4.78, 5) is 4.09. The molecular formula is C8H11BrCl2N2. The topological polar surface area (TPSA) is 24.9 Å². The summed E-state index contributed by atoms with van der Waals surface area (Å²) in [5.74, 6) is 0. The van der Waals surface area contributed by atoms with Crippen LogP contribution in [0.1, 0.15) is 12.0 Å². The summed E-state index contributed by atoms with van der Waals surface area (Å²) in [5.41, 5.74) is 2.55. The molecule has 0 bridgehead atoms. The summed E-state index contributed by atoms with van der Waals surface area (Å²) in [6, 6.07) is 0. The maximum Gasteiger partial charge on any atom is 0.0570 e. The van der Waals surface area contributed by atoms with E-state index in [9.17, 15) is 0 Å². The zero-order valence-electron chi connectivity index (χ0n) is 6.92. The molecule has 0 fully saturated rings. The zero-order valence-corrected chi connectivity index (χ0v) is 10.1. The lowest BCUT2D eigenvalue weighted by Crippen LogP contribution is -2.12. The van der Waals surface area contributed by atoms with E-state index in [1.165, 1.54) is 17.7 Å². The van der Waals surface area contributed by atoms with Crippen LogP contribution in [-0.4, -0.2) is 11.5 Å². The van der Waals surface area contributed by atoms with Gasteiger partial charge in [-0.15, -0.1) is 24.8 Å². The Morgan fingerprint density at radius 3 is 2.77 bits per heavy atom. The Bertz CT molecular complexity index is 281. The third-order valence-corrected chi connectivity index (χ3v) is 2.61. The fourth-order valence-corrected chi connectivity index (χ4v) is 1.89. The van der Waals surface area contributed by atoms with Gasteiger partial charge in [0.1, 0.15) is 0 Å². The molecule has 0 spiro atoms. The van der Waals surface area contributed by atoms with Crippen molar-refractivity contribution in [3.05, 3.63) is 22.4 Å². The van der Waals surface area contributed by atoms with Gasteiger partial charge >= 0.3 is 0 Å². The number of fused-ring (bicyclic) bond motifs is 1. The summed E-state index contributed by atoms with van der Waals surface area (Å²) < 4.78 is 1.13. The minimum absolute atomic E-state index is 0. The van der Waals surface area contributed by atoms with Crippen LogP contribution < -0.4 is 5.32 Å². The van der Waals surface area contributed by atoms with Crippen LogP contribution in [0, 0.1) is 0 Å². The molecular weight excluding hydrogens is 275 g/mol. The highest BCUT2D eigenvalue weighted by atomic mass is 79.9. The van der Waals surface area contributed by atoms with Gasteiger partial charge in [-0.1, -0.05) is 0 Å². The van der Waals surface area contributed by atoms with Crippen molar-refractivity contribution in [3.8, 4) is 0 Å². The summed E-state index contributed by atoms with van der Waals surface area (Å²) in [6.07, 6.45) is 6.12. The Balaban J connectivity index is 0.000000720. The summed E-state index contributed by atoms with van der Waals surface area (Å²) in [6.45, 7) is 1.07. The fourth-order valence-electron chi connectivity index (χ4n) is 1.36. The molecule has 5 heteroatoms. The molecule has 2 rings (SSSR count). The quantitative estimate of drug-likeness (QED) is 0.793. The molecule has 1 aromatic rings. The standard InChI is InChI=1S/C8H9BrN2.2ClH/c9-7-4-10-5-8-6(7)2-1-3-11-8;;/h4-5,11H,1-3H2;2*1H. The molecule has 1 aliphatic rings. The molecule has 0 aliphatic carbocycles. The van der Waals surface area contributed by atoms with Crippen LogP contribution in [0.4, 0.5) is 5.69 Å². The summed E-state index contributed by atoms with van der Waals surface area (Å²) in [5, 5.41) is 3.31. The molecule has 0 saturated carbocycles. The third kappa shape index (κ3) is 2.73. The van der Waals surface area contributed by atoms with Crippen molar-refractivity contribution < 1.29 is 0 Å². The van der Waals surface area contributed by atoms with Gasteiger partial charge in [-0.05, 0) is 34.3 Å². The zero-order chi connectivity index (χ0) is 7.68. The van der Waals surface area contributed by atoms with Gasteiger partial charge < -0.3 is 5.32 Å². The van der Waals surface area contributed by atoms with Crippen molar-refractivity contribution in [2.45, 2.75) is 12.8 Å². The van der Waals surface area contributed by atoms with Crippen molar-refractivity contribution in [3.63, 3.8) is 0 Å². The highest BCUT2D eigenvalue weighted by Gasteiger charge is 2.10. The normalized spacial score (nSPS) is 13.0. The van der Waals surface area contributed by atoms with Crippen LogP contribution in [0.25, 0.3) is 0 Å². The number of rotatable bonds is 0. The van der Waals surface area contributed by atoms with Crippen molar-refractivity contribution in [2.24, 2.45) is 0 Å². The van der Waals surface area contributed by atoms with E-state index in [0.29, 0.717) is 0 Å². The summed E-state index contributed by atoms with van der Waals surface area (Å²) >= 11 is 3.48. The van der Waals surface area contributed by atoms with E-state index in [0.717, 1.165) is 17.4 Å². The number of nitrogens with one attached hydrogen (secondary N) is 1. The average Bonchev–Trinajstić information content (AvgIpc) is 2.06. The molecule has 0 saturated heterocycles. The lowest BCUT2D eigenvalue weighted by molar-refractivity contribution is 0.822. The van der Waals surface area contributed by atoms with E-state index in [1.807, 2.05) is 12.4 Å². The van der Waals surface area contributed by atoms with Crippen LogP contribution in [0.3, 0.4) is 0 Å². The van der Waals surface area contributed by atoms with Gasteiger partial charge in [0, 0.05) is 17.2 Å². The first-order chi connectivity index (χ1) is 5.38. The van der Waals surface area contributed by atoms with Gasteiger partial charge in [-0.2, -0.15) is 0 Å². The molecule has 74 valence electrons. The number of aromatic nitrogens is 1. The lowest BCUT2D eigenvalue weighted by atomic mass is 10.1. The first kappa shape index (κ1) is 13.0. The SMILES string of the molecule is Brc1cncc2c1CCCN2.Cl.Cl. The second-order valence-corrected chi connectivity index (χ2v) is 3.53. The van der Waals surface area contributed by atoms with E-state index >= 15 is 0 Å². The van der Waals surface area contributed by atoms with E-state index in [1.54, 1.807) is 0 Å². The molecule has 0 atom stereocenters. The number of halogens is 3. The maximum atomic E-state index is 4.09. The van der Waals surface area contributed by atoms with Crippen molar-refractivity contribution >= 4 is 46.4 Å². The van der Waals surface area contributed by atoms with Crippen LogP contribution in [0.5, 0.6) is 0 Å². The third-order valence-electron chi connectivity index (χ3n) is 1.92. The van der Waals surface area contributed by atoms with Crippen molar-refractivity contribution in [1.82, 2.24) is 4.98 Å². The minimum atomic E-state index is 0. The molecule has 0 aromatic carbocycles. The van der Waals surface area contributed by atoms with Gasteiger partial charge in [-0.25, -0.2) is 0 Å². The van der Waals surface area contributed by atoms with Gasteiger partial charge in [0.05, 0.1) is 11.9 Å². The molecule has 13 heavy (non-hydrogen) atoms. The lowest BCUT2D eigenvalue weighted by Gasteiger charge is -2.17. The molecule has 2 nitrogen and oxygen atoms in total. The Morgan fingerprint density at radius 1 is 1.31 bits per heavy atom. The maximum absolute atomic E-state index is 4.09. The van der Waals surface area contributed by atoms with Crippen LogP contribution in [0.2, 0.25) is 0 Å². The Morgan fingerprint density at radius 2 is 2.08 bits per heavy atom. The Hall–Kier alpha value is 0.01000. The second-order valence-electron chi connectivity index (χ2n) is 2.68. The predicted molar refractivity (Wildman–Crippen MR) is 63.2 cm³/mol.